The summed E-state index contributed by atoms with van der Waals surface area (Å²) in [5.74, 6) is 1.90. The number of methoxy groups -OCH3 is 1. The first-order valence-corrected chi connectivity index (χ1v) is 8.20. The highest BCUT2D eigenvalue weighted by molar-refractivity contribution is 5.29. The lowest BCUT2D eigenvalue weighted by atomic mass is 9.87. The Labute approximate surface area is 123 Å². The van der Waals surface area contributed by atoms with Crippen molar-refractivity contribution in [2.75, 3.05) is 13.7 Å². The summed E-state index contributed by atoms with van der Waals surface area (Å²) in [6.45, 7) is 3.40. The first kappa shape index (κ1) is 15.4. The molecule has 0 saturated heterocycles. The van der Waals surface area contributed by atoms with E-state index < -0.39 is 0 Å². The monoisotopic (exact) mass is 275 g/mol. The van der Waals surface area contributed by atoms with Crippen molar-refractivity contribution in [1.82, 2.24) is 5.32 Å². The molecule has 1 unspecified atom stereocenters. The summed E-state index contributed by atoms with van der Waals surface area (Å²) in [5, 5.41) is 3.73. The fourth-order valence-corrected chi connectivity index (χ4v) is 3.27. The van der Waals surface area contributed by atoms with E-state index in [9.17, 15) is 0 Å². The van der Waals surface area contributed by atoms with Crippen LogP contribution in [0, 0.1) is 5.92 Å². The molecule has 0 aliphatic heterocycles. The first-order valence-electron chi connectivity index (χ1n) is 8.20. The minimum absolute atomic E-state index is 0.476. The van der Waals surface area contributed by atoms with E-state index in [1.165, 1.54) is 44.1 Å². The van der Waals surface area contributed by atoms with Gasteiger partial charge in [-0.2, -0.15) is 0 Å². The van der Waals surface area contributed by atoms with E-state index in [4.69, 9.17) is 4.74 Å². The van der Waals surface area contributed by atoms with Gasteiger partial charge in [0.1, 0.15) is 5.75 Å². The van der Waals surface area contributed by atoms with Gasteiger partial charge in [0.05, 0.1) is 7.11 Å². The Bertz CT molecular complexity index is 368. The molecule has 1 fully saturated rings. The van der Waals surface area contributed by atoms with Crippen LogP contribution in [0.2, 0.25) is 0 Å². The van der Waals surface area contributed by atoms with E-state index in [1.807, 2.05) is 0 Å². The quantitative estimate of drug-likeness (QED) is 0.778. The molecule has 112 valence electrons. The molecule has 20 heavy (non-hydrogen) atoms. The van der Waals surface area contributed by atoms with Crippen molar-refractivity contribution in [2.45, 2.75) is 57.9 Å². The maximum absolute atomic E-state index is 5.22. The molecule has 2 nitrogen and oxygen atoms in total. The van der Waals surface area contributed by atoms with Crippen molar-refractivity contribution in [3.63, 3.8) is 0 Å². The Kier molecular flexibility index (Phi) is 6.38. The SMILES string of the molecule is CCC(NCCC1CCCCC1)c1ccc(OC)cc1. The van der Waals surface area contributed by atoms with Crippen molar-refractivity contribution in [1.29, 1.82) is 0 Å². The second-order valence-corrected chi connectivity index (χ2v) is 5.98. The number of benzene rings is 1. The molecule has 1 saturated carbocycles. The number of hydrogen-bond donors (Lipinski definition) is 1. The van der Waals surface area contributed by atoms with E-state index in [0.717, 1.165) is 24.6 Å². The van der Waals surface area contributed by atoms with E-state index in [1.54, 1.807) is 7.11 Å². The molecule has 0 radical (unpaired) electrons. The normalized spacial score (nSPS) is 17.9. The summed E-state index contributed by atoms with van der Waals surface area (Å²) >= 11 is 0. The Balaban J connectivity index is 1.78. The lowest BCUT2D eigenvalue weighted by Gasteiger charge is -2.23. The number of rotatable bonds is 7. The van der Waals surface area contributed by atoms with Crippen LogP contribution in [0.5, 0.6) is 5.75 Å². The third-order valence-electron chi connectivity index (χ3n) is 4.59. The summed E-state index contributed by atoms with van der Waals surface area (Å²) in [5.41, 5.74) is 1.37. The van der Waals surface area contributed by atoms with Gasteiger partial charge in [-0.3, -0.25) is 0 Å². The maximum atomic E-state index is 5.22. The minimum atomic E-state index is 0.476. The summed E-state index contributed by atoms with van der Waals surface area (Å²) in [6.07, 6.45) is 9.71. The Morgan fingerprint density at radius 1 is 1.15 bits per heavy atom. The first-order chi connectivity index (χ1) is 9.83. The van der Waals surface area contributed by atoms with Gasteiger partial charge in [-0.05, 0) is 43.0 Å². The van der Waals surface area contributed by atoms with Crippen molar-refractivity contribution >= 4 is 0 Å². The van der Waals surface area contributed by atoms with Crippen molar-refractivity contribution < 1.29 is 4.74 Å². The summed E-state index contributed by atoms with van der Waals surface area (Å²) in [4.78, 5) is 0. The maximum Gasteiger partial charge on any atom is 0.118 e. The number of hydrogen-bond acceptors (Lipinski definition) is 2. The molecule has 1 N–H and O–H groups in total. The average molecular weight is 275 g/mol. The Hall–Kier alpha value is -1.02. The molecular weight excluding hydrogens is 246 g/mol. The van der Waals surface area contributed by atoms with Crippen LogP contribution in [0.1, 0.15) is 63.5 Å². The molecule has 1 aliphatic carbocycles. The van der Waals surface area contributed by atoms with Crippen LogP contribution in [0.3, 0.4) is 0 Å². The zero-order valence-corrected chi connectivity index (χ0v) is 13.0. The highest BCUT2D eigenvalue weighted by Crippen LogP contribution is 2.26. The number of ether oxygens (including phenoxy) is 1. The molecule has 0 bridgehead atoms. The fourth-order valence-electron chi connectivity index (χ4n) is 3.27. The van der Waals surface area contributed by atoms with Gasteiger partial charge in [0.15, 0.2) is 0 Å². The fraction of sp³-hybridized carbons (Fsp3) is 0.667. The van der Waals surface area contributed by atoms with Crippen LogP contribution in [0.25, 0.3) is 0 Å². The van der Waals surface area contributed by atoms with Gasteiger partial charge < -0.3 is 10.1 Å². The molecule has 0 heterocycles. The smallest absolute Gasteiger partial charge is 0.118 e. The topological polar surface area (TPSA) is 21.3 Å². The van der Waals surface area contributed by atoms with Crippen molar-refractivity contribution in [3.8, 4) is 5.75 Å². The standard InChI is InChI=1S/C18H29NO/c1-3-18(16-9-11-17(20-2)12-10-16)19-14-13-15-7-5-4-6-8-15/h9-12,15,18-19H,3-8,13-14H2,1-2H3. The second kappa shape index (κ2) is 8.31. The van der Waals surface area contributed by atoms with Gasteiger partial charge >= 0.3 is 0 Å². The van der Waals surface area contributed by atoms with Crippen molar-refractivity contribution in [2.24, 2.45) is 5.92 Å². The lowest BCUT2D eigenvalue weighted by Crippen LogP contribution is -2.24. The van der Waals surface area contributed by atoms with Gasteiger partial charge in [0, 0.05) is 6.04 Å². The zero-order chi connectivity index (χ0) is 14.2. The van der Waals surface area contributed by atoms with Crippen LogP contribution >= 0.6 is 0 Å². The van der Waals surface area contributed by atoms with Gasteiger partial charge in [-0.1, -0.05) is 51.2 Å². The summed E-state index contributed by atoms with van der Waals surface area (Å²) < 4.78 is 5.22. The van der Waals surface area contributed by atoms with E-state index in [2.05, 4.69) is 36.5 Å². The molecule has 2 rings (SSSR count). The molecule has 1 aromatic carbocycles. The van der Waals surface area contributed by atoms with E-state index in [0.29, 0.717) is 6.04 Å². The Morgan fingerprint density at radius 3 is 2.45 bits per heavy atom. The summed E-state index contributed by atoms with van der Waals surface area (Å²) in [6, 6.07) is 8.95. The molecule has 1 aromatic rings. The largest absolute Gasteiger partial charge is 0.497 e. The lowest BCUT2D eigenvalue weighted by molar-refractivity contribution is 0.327. The van der Waals surface area contributed by atoms with Gasteiger partial charge in [-0.15, -0.1) is 0 Å². The van der Waals surface area contributed by atoms with Gasteiger partial charge in [-0.25, -0.2) is 0 Å². The predicted octanol–water partition coefficient (Wildman–Crippen LogP) is 4.71. The van der Waals surface area contributed by atoms with Crippen LogP contribution < -0.4 is 10.1 Å². The highest BCUT2D eigenvalue weighted by atomic mass is 16.5. The zero-order valence-electron chi connectivity index (χ0n) is 13.0. The molecule has 1 aliphatic rings. The molecule has 0 aromatic heterocycles. The highest BCUT2D eigenvalue weighted by Gasteiger charge is 2.14. The van der Waals surface area contributed by atoms with Gasteiger partial charge in [0.25, 0.3) is 0 Å². The van der Waals surface area contributed by atoms with Crippen LogP contribution in [0.15, 0.2) is 24.3 Å². The molecule has 0 amide bonds. The van der Waals surface area contributed by atoms with Crippen LogP contribution in [-0.4, -0.2) is 13.7 Å². The molecule has 1 atom stereocenters. The minimum Gasteiger partial charge on any atom is -0.497 e. The molecule has 2 heteroatoms. The van der Waals surface area contributed by atoms with E-state index >= 15 is 0 Å². The van der Waals surface area contributed by atoms with Crippen LogP contribution in [-0.2, 0) is 0 Å². The predicted molar refractivity (Wildman–Crippen MR) is 85.2 cm³/mol. The van der Waals surface area contributed by atoms with E-state index in [-0.39, 0.29) is 0 Å². The Morgan fingerprint density at radius 2 is 1.85 bits per heavy atom. The third kappa shape index (κ3) is 4.52. The van der Waals surface area contributed by atoms with Gasteiger partial charge in [0.2, 0.25) is 0 Å². The summed E-state index contributed by atoms with van der Waals surface area (Å²) in [7, 11) is 1.72. The molecule has 0 spiro atoms. The molecular formula is C18H29NO. The second-order valence-electron chi connectivity index (χ2n) is 5.98. The number of nitrogens with one attached hydrogen (secondary N) is 1. The third-order valence-corrected chi connectivity index (χ3v) is 4.59. The van der Waals surface area contributed by atoms with Crippen molar-refractivity contribution in [3.05, 3.63) is 29.8 Å². The average Bonchev–Trinajstić information content (AvgIpc) is 2.53. The van der Waals surface area contributed by atoms with Crippen LogP contribution in [0.4, 0.5) is 0 Å².